The predicted molar refractivity (Wildman–Crippen MR) is 81.3 cm³/mol. The highest BCUT2D eigenvalue weighted by atomic mass is 35.5. The van der Waals surface area contributed by atoms with Crippen molar-refractivity contribution in [2.45, 2.75) is 38.0 Å². The van der Waals surface area contributed by atoms with Gasteiger partial charge in [0.1, 0.15) is 5.82 Å². The van der Waals surface area contributed by atoms with Crippen LogP contribution in [0.2, 0.25) is 5.02 Å². The average Bonchev–Trinajstić information content (AvgIpc) is 3.02. The van der Waals surface area contributed by atoms with E-state index in [0.717, 1.165) is 25.5 Å². The molecule has 1 saturated heterocycles. The van der Waals surface area contributed by atoms with Crippen molar-refractivity contribution in [2.75, 3.05) is 13.2 Å². The van der Waals surface area contributed by atoms with E-state index in [1.54, 1.807) is 0 Å². The predicted octanol–water partition coefficient (Wildman–Crippen LogP) is 2.38. The van der Waals surface area contributed by atoms with Gasteiger partial charge in [-0.25, -0.2) is 9.18 Å². The van der Waals surface area contributed by atoms with E-state index in [-0.39, 0.29) is 23.7 Å². The Morgan fingerprint density at radius 1 is 1.59 bits per heavy atom. The summed E-state index contributed by atoms with van der Waals surface area (Å²) in [6.45, 7) is 2.57. The van der Waals surface area contributed by atoms with Crippen molar-refractivity contribution in [1.82, 2.24) is 10.6 Å². The smallest absolute Gasteiger partial charge is 0.315 e. The molecule has 0 aliphatic carbocycles. The highest BCUT2D eigenvalue weighted by molar-refractivity contribution is 6.30. The van der Waals surface area contributed by atoms with Crippen LogP contribution in [0.4, 0.5) is 9.18 Å². The molecule has 0 radical (unpaired) electrons. The maximum Gasteiger partial charge on any atom is 0.315 e. The van der Waals surface area contributed by atoms with Gasteiger partial charge >= 0.3 is 6.03 Å². The molecule has 0 bridgehead atoms. The lowest BCUT2D eigenvalue weighted by atomic mass is 10.1. The Labute approximate surface area is 133 Å². The van der Waals surface area contributed by atoms with Gasteiger partial charge in [-0.3, -0.25) is 0 Å². The van der Waals surface area contributed by atoms with Crippen molar-refractivity contribution in [3.8, 4) is 0 Å². The van der Waals surface area contributed by atoms with Crippen LogP contribution in [0.15, 0.2) is 18.2 Å². The number of aliphatic hydroxyl groups is 1. The molecule has 1 aliphatic heterocycles. The fraction of sp³-hybridized carbons (Fsp3) is 0.533. The molecule has 1 aliphatic rings. The molecule has 0 saturated carbocycles. The minimum absolute atomic E-state index is 0.00737. The molecule has 122 valence electrons. The lowest BCUT2D eigenvalue weighted by Gasteiger charge is -2.21. The van der Waals surface area contributed by atoms with Crippen molar-refractivity contribution in [3.05, 3.63) is 34.6 Å². The van der Waals surface area contributed by atoms with Gasteiger partial charge in [-0.2, -0.15) is 0 Å². The number of halogens is 2. The highest BCUT2D eigenvalue weighted by Crippen LogP contribution is 2.20. The van der Waals surface area contributed by atoms with E-state index >= 15 is 0 Å². The zero-order valence-electron chi connectivity index (χ0n) is 12.3. The van der Waals surface area contributed by atoms with Crippen LogP contribution in [0.25, 0.3) is 0 Å². The second-order valence-corrected chi connectivity index (χ2v) is 5.79. The van der Waals surface area contributed by atoms with Crippen LogP contribution >= 0.6 is 11.6 Å². The van der Waals surface area contributed by atoms with Gasteiger partial charge in [-0.05, 0) is 37.5 Å². The van der Waals surface area contributed by atoms with Gasteiger partial charge in [0.2, 0.25) is 0 Å². The first-order valence-electron chi connectivity index (χ1n) is 7.26. The Morgan fingerprint density at radius 2 is 2.36 bits per heavy atom. The third-order valence-corrected chi connectivity index (χ3v) is 3.97. The molecule has 5 nitrogen and oxygen atoms in total. The van der Waals surface area contributed by atoms with E-state index in [1.165, 1.54) is 12.1 Å². The van der Waals surface area contributed by atoms with Crippen molar-refractivity contribution in [2.24, 2.45) is 0 Å². The van der Waals surface area contributed by atoms with Gasteiger partial charge in [0.05, 0.1) is 23.3 Å². The number of aliphatic hydroxyl groups excluding tert-OH is 1. The number of amides is 2. The lowest BCUT2D eigenvalue weighted by Crippen LogP contribution is -2.46. The van der Waals surface area contributed by atoms with Crippen molar-refractivity contribution in [3.63, 3.8) is 0 Å². The van der Waals surface area contributed by atoms with Gasteiger partial charge in [-0.1, -0.05) is 17.7 Å². The second-order valence-electron chi connectivity index (χ2n) is 5.38. The summed E-state index contributed by atoms with van der Waals surface area (Å²) in [5.74, 6) is -0.602. The first-order valence-corrected chi connectivity index (χ1v) is 7.64. The van der Waals surface area contributed by atoms with E-state index in [4.69, 9.17) is 16.3 Å². The number of ether oxygens (including phenoxy) is 1. The monoisotopic (exact) mass is 330 g/mol. The Morgan fingerprint density at radius 3 is 3.00 bits per heavy atom. The first kappa shape index (κ1) is 17.0. The van der Waals surface area contributed by atoms with Crippen molar-refractivity contribution < 1.29 is 19.0 Å². The Kier molecular flexibility index (Phi) is 5.99. The Bertz CT molecular complexity index is 524. The number of hydrogen-bond donors (Lipinski definition) is 3. The summed E-state index contributed by atoms with van der Waals surface area (Å²) in [6, 6.07) is 3.55. The number of hydrogen-bond acceptors (Lipinski definition) is 3. The zero-order valence-corrected chi connectivity index (χ0v) is 13.1. The fourth-order valence-corrected chi connectivity index (χ4v) is 2.49. The number of benzene rings is 1. The summed E-state index contributed by atoms with van der Waals surface area (Å²) < 4.78 is 18.8. The Hall–Kier alpha value is -1.37. The third-order valence-electron chi connectivity index (χ3n) is 3.67. The topological polar surface area (TPSA) is 70.6 Å². The number of nitrogens with one attached hydrogen (secondary N) is 2. The number of carbonyl (C=O) groups is 1. The van der Waals surface area contributed by atoms with Gasteiger partial charge in [0, 0.05) is 13.2 Å². The molecule has 7 heteroatoms. The summed E-state index contributed by atoms with van der Waals surface area (Å²) in [5, 5.41) is 15.3. The van der Waals surface area contributed by atoms with Crippen molar-refractivity contribution in [1.29, 1.82) is 0 Å². The van der Waals surface area contributed by atoms with Crippen LogP contribution in [0.5, 0.6) is 0 Å². The van der Waals surface area contributed by atoms with Crippen molar-refractivity contribution >= 4 is 17.6 Å². The maximum absolute atomic E-state index is 13.3. The molecule has 2 amide bonds. The number of urea groups is 1. The summed E-state index contributed by atoms with van der Waals surface area (Å²) in [7, 11) is 0. The van der Waals surface area contributed by atoms with Gasteiger partial charge in [-0.15, -0.1) is 0 Å². The summed E-state index contributed by atoms with van der Waals surface area (Å²) in [5.41, 5.74) is 0.356. The quantitative estimate of drug-likeness (QED) is 0.776. The van der Waals surface area contributed by atoms with Crippen LogP contribution in [0.1, 0.15) is 31.4 Å². The van der Waals surface area contributed by atoms with Gasteiger partial charge in [0.25, 0.3) is 0 Å². The highest BCUT2D eigenvalue weighted by Gasteiger charge is 2.23. The molecule has 2 rings (SSSR count). The number of rotatable bonds is 5. The molecule has 0 spiro atoms. The van der Waals surface area contributed by atoms with E-state index in [2.05, 4.69) is 10.6 Å². The summed E-state index contributed by atoms with van der Waals surface area (Å²) in [4.78, 5) is 11.8. The molecule has 1 aromatic carbocycles. The largest absolute Gasteiger partial charge is 0.387 e. The average molecular weight is 331 g/mol. The molecule has 1 heterocycles. The molecule has 22 heavy (non-hydrogen) atoms. The minimum atomic E-state index is -1.00. The summed E-state index contributed by atoms with van der Waals surface area (Å²) in [6.07, 6.45) is 0.949. The van der Waals surface area contributed by atoms with Crippen LogP contribution in [-0.4, -0.2) is 36.4 Å². The molecule has 3 N–H and O–H groups in total. The minimum Gasteiger partial charge on any atom is -0.387 e. The molecule has 1 aromatic rings. The van der Waals surface area contributed by atoms with E-state index < -0.39 is 18.0 Å². The molecule has 3 atom stereocenters. The second kappa shape index (κ2) is 7.76. The van der Waals surface area contributed by atoms with Gasteiger partial charge < -0.3 is 20.5 Å². The van der Waals surface area contributed by atoms with E-state index in [9.17, 15) is 14.3 Å². The maximum atomic E-state index is 13.3. The fourth-order valence-electron chi connectivity index (χ4n) is 2.37. The normalized spacial score (nSPS) is 20.5. The van der Waals surface area contributed by atoms with Crippen LogP contribution in [-0.2, 0) is 4.74 Å². The molecular formula is C15H20ClFN2O3. The third kappa shape index (κ3) is 4.56. The molecule has 1 fully saturated rings. The standard InChI is InChI=1S/C15H20ClFN2O3/c1-9(14-3-2-6-22-14)19-15(21)18-8-13(20)10-4-5-11(16)12(17)7-10/h4-5,7,9,13-14,20H,2-3,6,8H2,1H3,(H2,18,19,21)/t9-,13-,14-/m0/s1. The number of carbonyl (C=O) groups excluding carboxylic acids is 1. The van der Waals surface area contributed by atoms with Crippen LogP contribution in [0.3, 0.4) is 0 Å². The van der Waals surface area contributed by atoms with Gasteiger partial charge in [0.15, 0.2) is 0 Å². The first-order chi connectivity index (χ1) is 10.5. The summed E-state index contributed by atoms with van der Waals surface area (Å²) >= 11 is 5.58. The van der Waals surface area contributed by atoms with Crippen LogP contribution < -0.4 is 10.6 Å². The molecule has 0 unspecified atom stereocenters. The molecular weight excluding hydrogens is 311 g/mol. The molecule has 0 aromatic heterocycles. The van der Waals surface area contributed by atoms with E-state index in [0.29, 0.717) is 5.56 Å². The zero-order chi connectivity index (χ0) is 16.1. The Balaban J connectivity index is 1.78. The van der Waals surface area contributed by atoms with E-state index in [1.807, 2.05) is 6.92 Å². The SMILES string of the molecule is C[C@H](NC(=O)NC[C@H](O)c1ccc(Cl)c(F)c1)[C@@H]1CCCO1. The lowest BCUT2D eigenvalue weighted by molar-refractivity contribution is 0.0856. The van der Waals surface area contributed by atoms with Crippen LogP contribution in [0, 0.1) is 5.82 Å².